The molecule has 3 N–H and O–H groups in total. The third kappa shape index (κ3) is 2.40. The highest BCUT2D eigenvalue weighted by molar-refractivity contribution is 5.48. The van der Waals surface area contributed by atoms with E-state index < -0.39 is 0 Å². The molecular formula is C10H17N5O. The minimum absolute atomic E-state index is 0.216. The molecule has 1 aliphatic rings. The van der Waals surface area contributed by atoms with Crippen molar-refractivity contribution in [2.45, 2.75) is 26.1 Å². The van der Waals surface area contributed by atoms with Gasteiger partial charge in [-0.3, -0.25) is 0 Å². The molecule has 16 heavy (non-hydrogen) atoms. The van der Waals surface area contributed by atoms with Crippen molar-refractivity contribution in [3.63, 3.8) is 0 Å². The zero-order valence-corrected chi connectivity index (χ0v) is 9.55. The highest BCUT2D eigenvalue weighted by Crippen LogP contribution is 2.19. The molecule has 1 aliphatic heterocycles. The number of aromatic nitrogens is 2. The predicted molar refractivity (Wildman–Crippen MR) is 62.1 cm³/mol. The number of hydrazine groups is 1. The van der Waals surface area contributed by atoms with Crippen LogP contribution >= 0.6 is 0 Å². The summed E-state index contributed by atoms with van der Waals surface area (Å²) in [6.07, 6.45) is 1.94. The van der Waals surface area contributed by atoms with Crippen molar-refractivity contribution < 1.29 is 4.74 Å². The summed E-state index contributed by atoms with van der Waals surface area (Å²) in [7, 11) is 0. The first-order valence-corrected chi connectivity index (χ1v) is 5.38. The highest BCUT2D eigenvalue weighted by Gasteiger charge is 2.23. The van der Waals surface area contributed by atoms with Gasteiger partial charge in [-0.05, 0) is 13.8 Å². The summed E-state index contributed by atoms with van der Waals surface area (Å²) in [6, 6.07) is 1.84. The molecule has 0 unspecified atom stereocenters. The molecule has 88 valence electrons. The van der Waals surface area contributed by atoms with Crippen LogP contribution < -0.4 is 16.2 Å². The maximum Gasteiger partial charge on any atom is 0.145 e. The molecule has 2 atom stereocenters. The number of anilines is 2. The maximum atomic E-state index is 5.67. The van der Waals surface area contributed by atoms with Crippen molar-refractivity contribution >= 4 is 11.6 Å². The third-order valence-corrected chi connectivity index (χ3v) is 2.54. The second-order valence-electron chi connectivity index (χ2n) is 4.07. The number of hydrogen-bond acceptors (Lipinski definition) is 6. The number of ether oxygens (including phenoxy) is 1. The van der Waals surface area contributed by atoms with Gasteiger partial charge in [-0.25, -0.2) is 15.8 Å². The maximum absolute atomic E-state index is 5.67. The zero-order chi connectivity index (χ0) is 11.5. The van der Waals surface area contributed by atoms with Gasteiger partial charge in [-0.15, -0.1) is 0 Å². The smallest absolute Gasteiger partial charge is 0.145 e. The van der Waals surface area contributed by atoms with Crippen molar-refractivity contribution in [2.75, 3.05) is 23.4 Å². The van der Waals surface area contributed by atoms with E-state index in [1.807, 2.05) is 6.07 Å². The minimum atomic E-state index is 0.216. The van der Waals surface area contributed by atoms with Crippen LogP contribution in [0.2, 0.25) is 0 Å². The van der Waals surface area contributed by atoms with Gasteiger partial charge in [0.1, 0.15) is 18.0 Å². The lowest BCUT2D eigenvalue weighted by Gasteiger charge is -2.36. The topological polar surface area (TPSA) is 76.3 Å². The normalized spacial score (nSPS) is 25.6. The number of nitrogens with zero attached hydrogens (tertiary/aromatic N) is 3. The SMILES string of the molecule is C[C@@H]1CN(c2cc(NN)ncn2)C[C@H](C)O1. The molecule has 0 radical (unpaired) electrons. The Labute approximate surface area is 94.8 Å². The first kappa shape index (κ1) is 11.1. The summed E-state index contributed by atoms with van der Waals surface area (Å²) in [6.45, 7) is 5.80. The molecule has 0 amide bonds. The number of nitrogen functional groups attached to an aromatic ring is 1. The lowest BCUT2D eigenvalue weighted by atomic mass is 10.2. The van der Waals surface area contributed by atoms with Crippen LogP contribution in [0.4, 0.5) is 11.6 Å². The Morgan fingerprint density at radius 1 is 1.38 bits per heavy atom. The molecule has 6 heteroatoms. The molecule has 0 aromatic carbocycles. The van der Waals surface area contributed by atoms with E-state index >= 15 is 0 Å². The van der Waals surface area contributed by atoms with Crippen LogP contribution in [0.15, 0.2) is 12.4 Å². The Hall–Kier alpha value is -1.40. The molecule has 0 bridgehead atoms. The Morgan fingerprint density at radius 3 is 2.69 bits per heavy atom. The number of hydrogen-bond donors (Lipinski definition) is 2. The van der Waals surface area contributed by atoms with Gasteiger partial charge in [-0.1, -0.05) is 0 Å². The number of nitrogens with one attached hydrogen (secondary N) is 1. The summed E-state index contributed by atoms with van der Waals surface area (Å²) < 4.78 is 5.67. The van der Waals surface area contributed by atoms with Crippen LogP contribution in [0.3, 0.4) is 0 Å². The van der Waals surface area contributed by atoms with Crippen molar-refractivity contribution in [1.82, 2.24) is 9.97 Å². The van der Waals surface area contributed by atoms with E-state index in [0.717, 1.165) is 18.9 Å². The summed E-state index contributed by atoms with van der Waals surface area (Å²) in [5, 5.41) is 0. The van der Waals surface area contributed by atoms with E-state index in [9.17, 15) is 0 Å². The molecule has 0 aliphatic carbocycles. The van der Waals surface area contributed by atoms with Crippen LogP contribution in [-0.2, 0) is 4.74 Å². The molecule has 0 saturated carbocycles. The standard InChI is InChI=1S/C10H17N5O/c1-7-4-15(5-8(2)16-7)10-3-9(14-11)12-6-13-10/h3,6-8H,4-5,11H2,1-2H3,(H,12,13,14)/t7-,8+. The van der Waals surface area contributed by atoms with Crippen molar-refractivity contribution in [3.8, 4) is 0 Å². The molecule has 2 heterocycles. The second-order valence-corrected chi connectivity index (χ2v) is 4.07. The Balaban J connectivity index is 2.16. The third-order valence-electron chi connectivity index (χ3n) is 2.54. The number of nitrogens with two attached hydrogens (primary N) is 1. The van der Waals surface area contributed by atoms with Gasteiger partial charge < -0.3 is 15.1 Å². The molecule has 2 rings (SSSR count). The molecular weight excluding hydrogens is 206 g/mol. The minimum Gasteiger partial charge on any atom is -0.372 e. The Morgan fingerprint density at radius 2 is 2.06 bits per heavy atom. The van der Waals surface area contributed by atoms with Crippen LogP contribution in [0, 0.1) is 0 Å². The van der Waals surface area contributed by atoms with Gasteiger partial charge >= 0.3 is 0 Å². The Bertz CT molecular complexity index is 349. The second kappa shape index (κ2) is 4.63. The fourth-order valence-corrected chi connectivity index (χ4v) is 1.96. The van der Waals surface area contributed by atoms with Crippen molar-refractivity contribution in [3.05, 3.63) is 12.4 Å². The van der Waals surface area contributed by atoms with E-state index in [0.29, 0.717) is 5.82 Å². The molecule has 6 nitrogen and oxygen atoms in total. The molecule has 0 spiro atoms. The van der Waals surface area contributed by atoms with Crippen LogP contribution in [-0.4, -0.2) is 35.3 Å². The van der Waals surface area contributed by atoms with Gasteiger partial charge in [-0.2, -0.15) is 0 Å². The first-order valence-electron chi connectivity index (χ1n) is 5.38. The van der Waals surface area contributed by atoms with Crippen LogP contribution in [0.25, 0.3) is 0 Å². The van der Waals surface area contributed by atoms with E-state index in [2.05, 4.69) is 34.1 Å². The number of morpholine rings is 1. The van der Waals surface area contributed by atoms with Crippen LogP contribution in [0.5, 0.6) is 0 Å². The van der Waals surface area contributed by atoms with E-state index in [1.54, 1.807) is 0 Å². The average Bonchev–Trinajstić information content (AvgIpc) is 2.28. The summed E-state index contributed by atoms with van der Waals surface area (Å²) in [5.74, 6) is 6.82. The van der Waals surface area contributed by atoms with Gasteiger partial charge in [0.25, 0.3) is 0 Å². The number of rotatable bonds is 2. The fraction of sp³-hybridized carbons (Fsp3) is 0.600. The molecule has 1 aromatic heterocycles. The summed E-state index contributed by atoms with van der Waals surface area (Å²) >= 11 is 0. The fourth-order valence-electron chi connectivity index (χ4n) is 1.96. The first-order chi connectivity index (χ1) is 7.69. The van der Waals surface area contributed by atoms with Crippen molar-refractivity contribution in [2.24, 2.45) is 5.84 Å². The lowest BCUT2D eigenvalue weighted by Crippen LogP contribution is -2.45. The summed E-state index contributed by atoms with van der Waals surface area (Å²) in [4.78, 5) is 10.4. The van der Waals surface area contributed by atoms with Gasteiger partial charge in [0, 0.05) is 19.2 Å². The predicted octanol–water partition coefficient (Wildman–Crippen LogP) is 0.376. The van der Waals surface area contributed by atoms with E-state index in [4.69, 9.17) is 10.6 Å². The highest BCUT2D eigenvalue weighted by atomic mass is 16.5. The van der Waals surface area contributed by atoms with Crippen molar-refractivity contribution in [1.29, 1.82) is 0 Å². The Kier molecular flexibility index (Phi) is 3.21. The molecule has 1 saturated heterocycles. The van der Waals surface area contributed by atoms with Gasteiger partial charge in [0.15, 0.2) is 0 Å². The monoisotopic (exact) mass is 223 g/mol. The van der Waals surface area contributed by atoms with E-state index in [-0.39, 0.29) is 12.2 Å². The van der Waals surface area contributed by atoms with E-state index in [1.165, 1.54) is 6.33 Å². The van der Waals surface area contributed by atoms with Gasteiger partial charge in [0.05, 0.1) is 12.2 Å². The zero-order valence-electron chi connectivity index (χ0n) is 9.55. The summed E-state index contributed by atoms with van der Waals surface area (Å²) in [5.41, 5.74) is 2.52. The quantitative estimate of drug-likeness (QED) is 0.557. The van der Waals surface area contributed by atoms with Gasteiger partial charge in [0.2, 0.25) is 0 Å². The molecule has 1 aromatic rings. The largest absolute Gasteiger partial charge is 0.372 e. The van der Waals surface area contributed by atoms with Crippen LogP contribution in [0.1, 0.15) is 13.8 Å². The lowest BCUT2D eigenvalue weighted by molar-refractivity contribution is -0.00546. The molecule has 1 fully saturated rings. The average molecular weight is 223 g/mol.